The summed E-state index contributed by atoms with van der Waals surface area (Å²) in [5, 5.41) is 6.03. The fourth-order valence-corrected chi connectivity index (χ4v) is 3.31. The minimum atomic E-state index is -0.140. The number of amides is 2. The van der Waals surface area contributed by atoms with Crippen LogP contribution in [0.5, 0.6) is 5.75 Å². The Bertz CT molecular complexity index is 587. The lowest BCUT2D eigenvalue weighted by Gasteiger charge is -2.27. The van der Waals surface area contributed by atoms with E-state index in [1.807, 2.05) is 31.2 Å². The van der Waals surface area contributed by atoms with Gasteiger partial charge in [-0.25, -0.2) is 4.79 Å². The van der Waals surface area contributed by atoms with Crippen molar-refractivity contribution in [3.63, 3.8) is 0 Å². The van der Waals surface area contributed by atoms with Crippen molar-refractivity contribution in [1.82, 2.24) is 10.6 Å². The van der Waals surface area contributed by atoms with Crippen LogP contribution in [0.15, 0.2) is 36.4 Å². The Balaban J connectivity index is 1.53. The summed E-state index contributed by atoms with van der Waals surface area (Å²) in [6, 6.07) is 7.71. The number of hydrogen-bond acceptors (Lipinski definition) is 3. The molecule has 1 saturated heterocycles. The molecule has 1 aromatic rings. The Hall–Kier alpha value is -2.01. The number of urea groups is 1. The van der Waals surface area contributed by atoms with E-state index in [4.69, 9.17) is 9.47 Å². The van der Waals surface area contributed by atoms with Crippen molar-refractivity contribution in [2.24, 2.45) is 5.92 Å². The summed E-state index contributed by atoms with van der Waals surface area (Å²) in [5.41, 5.74) is 2.06. The second-order valence-electron chi connectivity index (χ2n) is 6.27. The lowest BCUT2D eigenvalue weighted by molar-refractivity contribution is 0.119. The van der Waals surface area contributed by atoms with E-state index in [1.165, 1.54) is 0 Å². The molecule has 1 fully saturated rings. The maximum absolute atomic E-state index is 12.2. The molecule has 0 saturated carbocycles. The smallest absolute Gasteiger partial charge is 0.315 e. The van der Waals surface area contributed by atoms with Crippen molar-refractivity contribution in [3.05, 3.63) is 42.0 Å². The molecule has 2 amide bonds. The quantitative estimate of drug-likeness (QED) is 0.840. The largest absolute Gasteiger partial charge is 0.493 e. The Kier molecular flexibility index (Phi) is 4.86. The number of para-hydroxylation sites is 1. The number of carbonyl (C=O) groups excluding carboxylic acids is 1. The van der Waals surface area contributed by atoms with Crippen molar-refractivity contribution in [2.75, 3.05) is 19.8 Å². The summed E-state index contributed by atoms with van der Waals surface area (Å²) in [4.78, 5) is 12.2. The summed E-state index contributed by atoms with van der Waals surface area (Å²) >= 11 is 0. The van der Waals surface area contributed by atoms with E-state index in [1.54, 1.807) is 0 Å². The van der Waals surface area contributed by atoms with Crippen molar-refractivity contribution < 1.29 is 14.3 Å². The number of hydrogen-bond donors (Lipinski definition) is 2. The fraction of sp³-hybridized carbons (Fsp3) is 0.500. The molecular weight excluding hydrogens is 292 g/mol. The normalized spacial score (nSPS) is 26.0. The molecule has 0 aliphatic carbocycles. The zero-order valence-electron chi connectivity index (χ0n) is 13.5. The Morgan fingerprint density at radius 3 is 2.96 bits per heavy atom. The molecule has 2 aliphatic heterocycles. The summed E-state index contributed by atoms with van der Waals surface area (Å²) in [5.74, 6) is 1.16. The maximum Gasteiger partial charge on any atom is 0.315 e. The molecular formula is C18H24N2O3. The van der Waals surface area contributed by atoms with Gasteiger partial charge in [0.15, 0.2) is 0 Å². The number of benzene rings is 1. The van der Waals surface area contributed by atoms with Gasteiger partial charge in [0.2, 0.25) is 0 Å². The average Bonchev–Trinajstić information content (AvgIpc) is 3.02. The molecule has 0 radical (unpaired) electrons. The predicted octanol–water partition coefficient (Wildman–Crippen LogP) is 2.79. The van der Waals surface area contributed by atoms with Crippen LogP contribution in [0.2, 0.25) is 0 Å². The zero-order valence-corrected chi connectivity index (χ0v) is 13.5. The van der Waals surface area contributed by atoms with E-state index >= 15 is 0 Å². The van der Waals surface area contributed by atoms with E-state index in [2.05, 4.69) is 17.2 Å². The number of carbonyl (C=O) groups is 1. The van der Waals surface area contributed by atoms with Gasteiger partial charge in [-0.05, 0) is 19.4 Å². The van der Waals surface area contributed by atoms with Gasteiger partial charge in [-0.3, -0.25) is 0 Å². The van der Waals surface area contributed by atoms with Crippen LogP contribution in [0, 0.1) is 5.92 Å². The highest BCUT2D eigenvalue weighted by Gasteiger charge is 2.29. The van der Waals surface area contributed by atoms with E-state index in [9.17, 15) is 4.79 Å². The van der Waals surface area contributed by atoms with Gasteiger partial charge in [0, 0.05) is 31.1 Å². The van der Waals surface area contributed by atoms with Gasteiger partial charge in [0.05, 0.1) is 18.8 Å². The van der Waals surface area contributed by atoms with E-state index in [0.717, 1.165) is 36.3 Å². The van der Waals surface area contributed by atoms with Crippen LogP contribution < -0.4 is 15.4 Å². The third-order valence-electron chi connectivity index (χ3n) is 4.49. The molecule has 0 aromatic heterocycles. The molecule has 0 spiro atoms. The molecule has 124 valence electrons. The van der Waals surface area contributed by atoms with Crippen LogP contribution in [0.4, 0.5) is 4.79 Å². The molecule has 2 heterocycles. The summed E-state index contributed by atoms with van der Waals surface area (Å²) < 4.78 is 11.3. The van der Waals surface area contributed by atoms with Crippen LogP contribution in [0.25, 0.3) is 0 Å². The first-order valence-electron chi connectivity index (χ1n) is 8.18. The lowest BCUT2D eigenvalue weighted by atomic mass is 9.97. The van der Waals surface area contributed by atoms with Gasteiger partial charge < -0.3 is 20.1 Å². The Morgan fingerprint density at radius 1 is 1.30 bits per heavy atom. The molecule has 23 heavy (non-hydrogen) atoms. The van der Waals surface area contributed by atoms with Gasteiger partial charge in [-0.2, -0.15) is 0 Å². The van der Waals surface area contributed by atoms with Crippen molar-refractivity contribution in [1.29, 1.82) is 0 Å². The van der Waals surface area contributed by atoms with Crippen LogP contribution >= 0.6 is 0 Å². The highest BCUT2D eigenvalue weighted by atomic mass is 16.5. The van der Waals surface area contributed by atoms with Crippen molar-refractivity contribution in [3.8, 4) is 5.75 Å². The molecule has 5 heteroatoms. The van der Waals surface area contributed by atoms with Gasteiger partial charge in [0.25, 0.3) is 0 Å². The minimum Gasteiger partial charge on any atom is -0.493 e. The molecule has 3 atom stereocenters. The SMILES string of the molecule is C=C(C)C1OCCC1CNC(=O)NC1CCOc2ccccc21. The van der Waals surface area contributed by atoms with Gasteiger partial charge >= 0.3 is 6.03 Å². The van der Waals surface area contributed by atoms with E-state index in [-0.39, 0.29) is 18.2 Å². The summed E-state index contributed by atoms with van der Waals surface area (Å²) in [6.45, 7) is 7.90. The van der Waals surface area contributed by atoms with Gasteiger partial charge in [0.1, 0.15) is 5.75 Å². The third kappa shape index (κ3) is 3.67. The topological polar surface area (TPSA) is 59.6 Å². The summed E-state index contributed by atoms with van der Waals surface area (Å²) in [6.07, 6.45) is 1.79. The zero-order chi connectivity index (χ0) is 16.2. The highest BCUT2D eigenvalue weighted by Crippen LogP contribution is 2.31. The van der Waals surface area contributed by atoms with Gasteiger partial charge in [-0.15, -0.1) is 0 Å². The minimum absolute atomic E-state index is 0.00304. The second kappa shape index (κ2) is 7.04. The first-order valence-corrected chi connectivity index (χ1v) is 8.18. The number of fused-ring (bicyclic) bond motifs is 1. The highest BCUT2D eigenvalue weighted by molar-refractivity contribution is 5.74. The standard InChI is InChI=1S/C18H24N2O3/c1-12(2)17-13(7-9-23-17)11-19-18(21)20-15-8-10-22-16-6-4-3-5-14(15)16/h3-6,13,15,17H,1,7-11H2,2H3,(H2,19,20,21). The van der Waals surface area contributed by atoms with Crippen molar-refractivity contribution in [2.45, 2.75) is 31.9 Å². The van der Waals surface area contributed by atoms with Gasteiger partial charge in [-0.1, -0.05) is 30.4 Å². The average molecular weight is 316 g/mol. The fourth-order valence-electron chi connectivity index (χ4n) is 3.31. The number of rotatable bonds is 4. The maximum atomic E-state index is 12.2. The molecule has 2 aliphatic rings. The number of nitrogens with one attached hydrogen (secondary N) is 2. The van der Waals surface area contributed by atoms with Crippen molar-refractivity contribution >= 4 is 6.03 Å². The molecule has 0 bridgehead atoms. The van der Waals surface area contributed by atoms with Crippen LogP contribution in [0.3, 0.4) is 0 Å². The number of ether oxygens (including phenoxy) is 2. The molecule has 1 aromatic carbocycles. The third-order valence-corrected chi connectivity index (χ3v) is 4.49. The van der Waals surface area contributed by atoms with Crippen LogP contribution in [-0.2, 0) is 4.74 Å². The van der Waals surface area contributed by atoms with E-state index in [0.29, 0.717) is 19.1 Å². The first-order chi connectivity index (χ1) is 11.1. The molecule has 3 rings (SSSR count). The molecule has 3 unspecified atom stereocenters. The van der Waals surface area contributed by atoms with Crippen LogP contribution in [-0.4, -0.2) is 31.9 Å². The monoisotopic (exact) mass is 316 g/mol. The molecule has 5 nitrogen and oxygen atoms in total. The van der Waals surface area contributed by atoms with E-state index < -0.39 is 0 Å². The predicted molar refractivity (Wildman–Crippen MR) is 88.5 cm³/mol. The Morgan fingerprint density at radius 2 is 2.13 bits per heavy atom. The van der Waals surface area contributed by atoms with Crippen LogP contribution in [0.1, 0.15) is 31.4 Å². The summed E-state index contributed by atoms with van der Waals surface area (Å²) in [7, 11) is 0. The lowest BCUT2D eigenvalue weighted by Crippen LogP contribution is -2.42. The first kappa shape index (κ1) is 15.9. The Labute approximate surface area is 137 Å². The molecule has 2 N–H and O–H groups in total. The second-order valence-corrected chi connectivity index (χ2v) is 6.27.